The summed E-state index contributed by atoms with van der Waals surface area (Å²) in [5.74, 6) is 0.588. The van der Waals surface area contributed by atoms with Crippen molar-refractivity contribution in [1.82, 2.24) is 0 Å². The molecule has 0 unspecified atom stereocenters. The minimum Gasteiger partial charge on any atom is -0.497 e. The van der Waals surface area contributed by atoms with Crippen LogP contribution in [0.4, 0.5) is 22.7 Å². The highest BCUT2D eigenvalue weighted by Crippen LogP contribution is 2.32. The van der Waals surface area contributed by atoms with Gasteiger partial charge in [0.2, 0.25) is 0 Å². The van der Waals surface area contributed by atoms with Crippen LogP contribution in [0.1, 0.15) is 0 Å². The highest BCUT2D eigenvalue weighted by Gasteiger charge is 2.19. The molecule has 8 heteroatoms. The second-order valence-corrected chi connectivity index (χ2v) is 4.07. The van der Waals surface area contributed by atoms with Gasteiger partial charge >= 0.3 is 0 Å². The first kappa shape index (κ1) is 14.3. The van der Waals surface area contributed by atoms with Gasteiger partial charge in [0.25, 0.3) is 11.4 Å². The lowest BCUT2D eigenvalue weighted by molar-refractivity contribution is -0.393. The predicted octanol–water partition coefficient (Wildman–Crippen LogP) is 3.26. The van der Waals surface area contributed by atoms with Gasteiger partial charge in [0.15, 0.2) is 0 Å². The highest BCUT2D eigenvalue weighted by atomic mass is 16.6. The number of ether oxygens (including phenoxy) is 1. The molecule has 0 fully saturated rings. The SMILES string of the molecule is COc1cccc(Nc2ccc([N+](=O)[O-])cc2[N+](=O)[O-])c1. The Morgan fingerprint density at radius 2 is 1.81 bits per heavy atom. The van der Waals surface area contributed by atoms with Crippen LogP contribution in [0.5, 0.6) is 5.75 Å². The van der Waals surface area contributed by atoms with Crippen LogP contribution in [0, 0.1) is 20.2 Å². The molecule has 21 heavy (non-hydrogen) atoms. The van der Waals surface area contributed by atoms with Crippen molar-refractivity contribution in [2.75, 3.05) is 12.4 Å². The second-order valence-electron chi connectivity index (χ2n) is 4.07. The van der Waals surface area contributed by atoms with E-state index < -0.39 is 9.85 Å². The maximum Gasteiger partial charge on any atom is 0.299 e. The molecule has 0 saturated carbocycles. The van der Waals surface area contributed by atoms with Gasteiger partial charge < -0.3 is 10.1 Å². The van der Waals surface area contributed by atoms with Crippen LogP contribution in [0.2, 0.25) is 0 Å². The van der Waals surface area contributed by atoms with Crippen LogP contribution in [-0.2, 0) is 0 Å². The van der Waals surface area contributed by atoms with Gasteiger partial charge in [-0.25, -0.2) is 0 Å². The zero-order valence-electron chi connectivity index (χ0n) is 11.0. The van der Waals surface area contributed by atoms with Gasteiger partial charge in [-0.2, -0.15) is 0 Å². The summed E-state index contributed by atoms with van der Waals surface area (Å²) < 4.78 is 5.06. The molecule has 0 bridgehead atoms. The summed E-state index contributed by atoms with van der Waals surface area (Å²) in [6.45, 7) is 0. The van der Waals surface area contributed by atoms with E-state index in [4.69, 9.17) is 4.74 Å². The van der Waals surface area contributed by atoms with Crippen molar-refractivity contribution in [3.63, 3.8) is 0 Å². The quantitative estimate of drug-likeness (QED) is 0.668. The summed E-state index contributed by atoms with van der Waals surface area (Å²) in [5, 5.41) is 24.6. The van der Waals surface area contributed by atoms with Crippen LogP contribution in [0.25, 0.3) is 0 Å². The molecular formula is C13H11N3O5. The largest absolute Gasteiger partial charge is 0.497 e. The van der Waals surface area contributed by atoms with Gasteiger partial charge in [-0.1, -0.05) is 6.07 Å². The zero-order valence-corrected chi connectivity index (χ0v) is 11.0. The lowest BCUT2D eigenvalue weighted by Crippen LogP contribution is -1.99. The maximum absolute atomic E-state index is 11.0. The molecule has 108 valence electrons. The van der Waals surface area contributed by atoms with Crippen LogP contribution in [0.3, 0.4) is 0 Å². The fraction of sp³-hybridized carbons (Fsp3) is 0.0769. The number of nitro benzene ring substituents is 2. The minimum atomic E-state index is -0.678. The Morgan fingerprint density at radius 1 is 1.05 bits per heavy atom. The molecule has 0 spiro atoms. The molecule has 0 amide bonds. The van der Waals surface area contributed by atoms with Gasteiger partial charge in [-0.3, -0.25) is 20.2 Å². The Hall–Kier alpha value is -3.16. The van der Waals surface area contributed by atoms with E-state index in [1.807, 2.05) is 0 Å². The van der Waals surface area contributed by atoms with Crippen molar-refractivity contribution in [2.24, 2.45) is 0 Å². The number of anilines is 2. The average Bonchev–Trinajstić information content (AvgIpc) is 2.47. The van der Waals surface area contributed by atoms with E-state index in [9.17, 15) is 20.2 Å². The molecule has 8 nitrogen and oxygen atoms in total. The predicted molar refractivity (Wildman–Crippen MR) is 76.0 cm³/mol. The number of nitro groups is 2. The highest BCUT2D eigenvalue weighted by molar-refractivity contribution is 5.72. The fourth-order valence-electron chi connectivity index (χ4n) is 1.75. The summed E-state index contributed by atoms with van der Waals surface area (Å²) in [7, 11) is 1.51. The Labute approximate surface area is 119 Å². The van der Waals surface area contributed by atoms with E-state index in [2.05, 4.69) is 5.32 Å². The molecule has 0 aliphatic heterocycles. The van der Waals surface area contributed by atoms with Crippen molar-refractivity contribution >= 4 is 22.7 Å². The first-order valence-electron chi connectivity index (χ1n) is 5.85. The first-order chi connectivity index (χ1) is 10.0. The number of hydrogen-bond donors (Lipinski definition) is 1. The van der Waals surface area contributed by atoms with Crippen molar-refractivity contribution in [3.05, 3.63) is 62.7 Å². The molecule has 2 rings (SSSR count). The van der Waals surface area contributed by atoms with Gasteiger partial charge in [-0.15, -0.1) is 0 Å². The molecule has 2 aromatic rings. The van der Waals surface area contributed by atoms with Crippen molar-refractivity contribution in [3.8, 4) is 5.75 Å². The Balaban J connectivity index is 2.38. The number of hydrogen-bond acceptors (Lipinski definition) is 6. The zero-order chi connectivity index (χ0) is 15.4. The molecule has 0 saturated heterocycles. The molecular weight excluding hydrogens is 278 g/mol. The Bertz CT molecular complexity index is 702. The van der Waals surface area contributed by atoms with E-state index in [0.717, 1.165) is 6.07 Å². The van der Waals surface area contributed by atoms with E-state index >= 15 is 0 Å². The normalized spacial score (nSPS) is 9.95. The lowest BCUT2D eigenvalue weighted by atomic mass is 10.2. The van der Waals surface area contributed by atoms with E-state index in [0.29, 0.717) is 11.4 Å². The van der Waals surface area contributed by atoms with Crippen LogP contribution >= 0.6 is 0 Å². The summed E-state index contributed by atoms with van der Waals surface area (Å²) in [5.41, 5.74) is 0.0371. The molecule has 1 N–H and O–H groups in total. The number of non-ortho nitro benzene ring substituents is 1. The molecule has 0 aliphatic rings. The molecule has 0 aromatic heterocycles. The average molecular weight is 289 g/mol. The molecule has 0 aliphatic carbocycles. The van der Waals surface area contributed by atoms with Gasteiger partial charge in [0.1, 0.15) is 11.4 Å². The van der Waals surface area contributed by atoms with Crippen molar-refractivity contribution < 1.29 is 14.6 Å². The van der Waals surface area contributed by atoms with Crippen LogP contribution in [-0.4, -0.2) is 17.0 Å². The monoisotopic (exact) mass is 289 g/mol. The molecule has 0 heterocycles. The third-order valence-electron chi connectivity index (χ3n) is 2.74. The van der Waals surface area contributed by atoms with Crippen LogP contribution < -0.4 is 10.1 Å². The second kappa shape index (κ2) is 5.87. The van der Waals surface area contributed by atoms with Crippen LogP contribution in [0.15, 0.2) is 42.5 Å². The Kier molecular flexibility index (Phi) is 3.98. The Morgan fingerprint density at radius 3 is 2.43 bits per heavy atom. The third-order valence-corrected chi connectivity index (χ3v) is 2.74. The van der Waals surface area contributed by atoms with Gasteiger partial charge in [0, 0.05) is 17.8 Å². The standard InChI is InChI=1S/C13H11N3O5/c1-21-11-4-2-3-9(7-11)14-12-6-5-10(15(17)18)8-13(12)16(19)20/h2-8,14H,1H3. The number of benzene rings is 2. The number of nitrogens with one attached hydrogen (secondary N) is 1. The lowest BCUT2D eigenvalue weighted by Gasteiger charge is -2.08. The summed E-state index contributed by atoms with van der Waals surface area (Å²) >= 11 is 0. The third kappa shape index (κ3) is 3.24. The molecule has 0 radical (unpaired) electrons. The van der Waals surface area contributed by atoms with Crippen molar-refractivity contribution in [2.45, 2.75) is 0 Å². The summed E-state index contributed by atoms with van der Waals surface area (Å²) in [6, 6.07) is 10.2. The smallest absolute Gasteiger partial charge is 0.299 e. The van der Waals surface area contributed by atoms with Gasteiger partial charge in [0.05, 0.1) is 23.0 Å². The maximum atomic E-state index is 11.0. The number of nitrogens with zero attached hydrogens (tertiary/aromatic N) is 2. The fourth-order valence-corrected chi connectivity index (χ4v) is 1.75. The summed E-state index contributed by atoms with van der Waals surface area (Å²) in [6.07, 6.45) is 0. The topological polar surface area (TPSA) is 108 Å². The van der Waals surface area contributed by atoms with E-state index in [1.165, 1.54) is 19.2 Å². The number of methoxy groups -OCH3 is 1. The molecule has 2 aromatic carbocycles. The number of rotatable bonds is 5. The molecule has 0 atom stereocenters. The van der Waals surface area contributed by atoms with Crippen molar-refractivity contribution in [1.29, 1.82) is 0 Å². The van der Waals surface area contributed by atoms with E-state index in [1.54, 1.807) is 24.3 Å². The summed E-state index contributed by atoms with van der Waals surface area (Å²) in [4.78, 5) is 20.4. The minimum absolute atomic E-state index is 0.166. The van der Waals surface area contributed by atoms with E-state index in [-0.39, 0.29) is 17.1 Å². The van der Waals surface area contributed by atoms with Gasteiger partial charge in [-0.05, 0) is 18.2 Å². The first-order valence-corrected chi connectivity index (χ1v) is 5.85.